The Morgan fingerprint density at radius 3 is 2.38 bits per heavy atom. The third-order valence-electron chi connectivity index (χ3n) is 3.68. The maximum absolute atomic E-state index is 12.4. The number of hydrogen-bond donors (Lipinski definition) is 1. The lowest BCUT2D eigenvalue weighted by Crippen LogP contribution is -2.30. The average Bonchev–Trinajstić information content (AvgIpc) is 3.17. The van der Waals surface area contributed by atoms with E-state index >= 15 is 0 Å². The molecule has 0 saturated carbocycles. The molecule has 0 unspecified atom stereocenters. The zero-order valence-corrected chi connectivity index (χ0v) is 14.9. The van der Waals surface area contributed by atoms with Gasteiger partial charge in [0.1, 0.15) is 5.75 Å². The van der Waals surface area contributed by atoms with Crippen molar-refractivity contribution in [1.29, 1.82) is 0 Å². The minimum Gasteiger partial charge on any atom is -0.494 e. The molecule has 26 heavy (non-hydrogen) atoms. The molecule has 0 saturated heterocycles. The SMILES string of the molecule is CCOc1ccc(S(=O)(=O)NC(=O)c2cccc(-n3cccc3)c2)cc1. The lowest BCUT2D eigenvalue weighted by molar-refractivity contribution is 0.0981. The Morgan fingerprint density at radius 1 is 1.04 bits per heavy atom. The van der Waals surface area contributed by atoms with Gasteiger partial charge in [0.25, 0.3) is 15.9 Å². The third-order valence-corrected chi connectivity index (χ3v) is 5.03. The number of amides is 1. The molecule has 6 nitrogen and oxygen atoms in total. The number of carbonyl (C=O) groups excluding carboxylic acids is 1. The molecule has 0 spiro atoms. The van der Waals surface area contributed by atoms with Gasteiger partial charge >= 0.3 is 0 Å². The largest absolute Gasteiger partial charge is 0.494 e. The molecule has 134 valence electrons. The Bertz CT molecular complexity index is 994. The topological polar surface area (TPSA) is 77.4 Å². The first-order valence-corrected chi connectivity index (χ1v) is 9.51. The van der Waals surface area contributed by atoms with Crippen molar-refractivity contribution in [3.8, 4) is 11.4 Å². The van der Waals surface area contributed by atoms with Crippen molar-refractivity contribution in [1.82, 2.24) is 9.29 Å². The number of hydrogen-bond acceptors (Lipinski definition) is 4. The number of aromatic nitrogens is 1. The predicted molar refractivity (Wildman–Crippen MR) is 98.0 cm³/mol. The second kappa shape index (κ2) is 7.45. The number of nitrogens with zero attached hydrogens (tertiary/aromatic N) is 1. The molecule has 3 aromatic rings. The van der Waals surface area contributed by atoms with Crippen LogP contribution in [0.25, 0.3) is 5.69 Å². The van der Waals surface area contributed by atoms with Crippen LogP contribution in [0.1, 0.15) is 17.3 Å². The summed E-state index contributed by atoms with van der Waals surface area (Å²) < 4.78 is 34.1. The van der Waals surface area contributed by atoms with Crippen LogP contribution >= 0.6 is 0 Å². The van der Waals surface area contributed by atoms with Crippen molar-refractivity contribution in [2.75, 3.05) is 6.61 Å². The zero-order valence-electron chi connectivity index (χ0n) is 14.1. The van der Waals surface area contributed by atoms with Crippen LogP contribution in [-0.4, -0.2) is 25.5 Å². The second-order valence-electron chi connectivity index (χ2n) is 5.48. The van der Waals surface area contributed by atoms with E-state index in [0.29, 0.717) is 12.4 Å². The molecule has 0 fully saturated rings. The molecular weight excluding hydrogens is 352 g/mol. The van der Waals surface area contributed by atoms with E-state index in [9.17, 15) is 13.2 Å². The quantitative estimate of drug-likeness (QED) is 0.724. The van der Waals surface area contributed by atoms with Gasteiger partial charge in [-0.25, -0.2) is 13.1 Å². The summed E-state index contributed by atoms with van der Waals surface area (Å²) >= 11 is 0. The normalized spacial score (nSPS) is 11.1. The van der Waals surface area contributed by atoms with Gasteiger partial charge in [0, 0.05) is 23.6 Å². The summed E-state index contributed by atoms with van der Waals surface area (Å²) in [5.74, 6) is -0.120. The minimum absolute atomic E-state index is 0.00383. The van der Waals surface area contributed by atoms with Gasteiger partial charge in [-0.3, -0.25) is 4.79 Å². The number of benzene rings is 2. The van der Waals surface area contributed by atoms with Crippen molar-refractivity contribution in [3.63, 3.8) is 0 Å². The lowest BCUT2D eigenvalue weighted by atomic mass is 10.2. The Morgan fingerprint density at radius 2 is 1.73 bits per heavy atom. The van der Waals surface area contributed by atoms with Gasteiger partial charge in [-0.1, -0.05) is 6.07 Å². The van der Waals surface area contributed by atoms with Crippen LogP contribution in [0.5, 0.6) is 5.75 Å². The number of rotatable bonds is 6. The van der Waals surface area contributed by atoms with E-state index in [1.54, 1.807) is 30.3 Å². The molecule has 0 bridgehead atoms. The molecular formula is C19H18N2O4S. The molecule has 1 aromatic heterocycles. The van der Waals surface area contributed by atoms with E-state index < -0.39 is 15.9 Å². The summed E-state index contributed by atoms with van der Waals surface area (Å²) in [6.07, 6.45) is 3.68. The molecule has 1 amide bonds. The fraction of sp³-hybridized carbons (Fsp3) is 0.105. The van der Waals surface area contributed by atoms with Crippen LogP contribution in [0.15, 0.2) is 78.0 Å². The fourth-order valence-corrected chi connectivity index (χ4v) is 3.41. The highest BCUT2D eigenvalue weighted by atomic mass is 32.2. The Balaban J connectivity index is 1.79. The molecule has 1 heterocycles. The van der Waals surface area contributed by atoms with Crippen molar-refractivity contribution in [2.24, 2.45) is 0 Å². The average molecular weight is 370 g/mol. The van der Waals surface area contributed by atoms with Crippen LogP contribution in [-0.2, 0) is 10.0 Å². The highest BCUT2D eigenvalue weighted by Gasteiger charge is 2.19. The van der Waals surface area contributed by atoms with Gasteiger partial charge < -0.3 is 9.30 Å². The maximum atomic E-state index is 12.4. The van der Waals surface area contributed by atoms with Crippen LogP contribution in [0.2, 0.25) is 0 Å². The van der Waals surface area contributed by atoms with E-state index in [0.717, 1.165) is 5.69 Å². The lowest BCUT2D eigenvalue weighted by Gasteiger charge is -2.09. The van der Waals surface area contributed by atoms with Gasteiger partial charge in [-0.05, 0) is 61.5 Å². The highest BCUT2D eigenvalue weighted by molar-refractivity contribution is 7.90. The van der Waals surface area contributed by atoms with Crippen molar-refractivity contribution >= 4 is 15.9 Å². The van der Waals surface area contributed by atoms with E-state index in [-0.39, 0.29) is 10.5 Å². The van der Waals surface area contributed by atoms with Crippen molar-refractivity contribution in [2.45, 2.75) is 11.8 Å². The van der Waals surface area contributed by atoms with Gasteiger partial charge in [0.15, 0.2) is 0 Å². The fourth-order valence-electron chi connectivity index (χ4n) is 2.44. The van der Waals surface area contributed by atoms with Gasteiger partial charge in [0.2, 0.25) is 0 Å². The summed E-state index contributed by atoms with van der Waals surface area (Å²) in [6, 6.07) is 16.4. The first kappa shape index (κ1) is 17.8. The molecule has 2 aromatic carbocycles. The van der Waals surface area contributed by atoms with Crippen molar-refractivity contribution in [3.05, 3.63) is 78.6 Å². The van der Waals surface area contributed by atoms with E-state index in [1.807, 2.05) is 42.1 Å². The predicted octanol–water partition coefficient (Wildman–Crippen LogP) is 2.99. The molecule has 0 aliphatic heterocycles. The van der Waals surface area contributed by atoms with Crippen LogP contribution < -0.4 is 9.46 Å². The van der Waals surface area contributed by atoms with E-state index in [1.165, 1.54) is 12.1 Å². The Hall–Kier alpha value is -3.06. The van der Waals surface area contributed by atoms with Crippen LogP contribution in [0, 0.1) is 0 Å². The summed E-state index contributed by atoms with van der Waals surface area (Å²) in [5, 5.41) is 0. The third kappa shape index (κ3) is 3.94. The zero-order chi connectivity index (χ0) is 18.6. The van der Waals surface area contributed by atoms with Gasteiger partial charge in [0.05, 0.1) is 11.5 Å². The smallest absolute Gasteiger partial charge is 0.265 e. The molecule has 3 rings (SSSR count). The number of sulfonamides is 1. The van der Waals surface area contributed by atoms with E-state index in [4.69, 9.17) is 4.74 Å². The first-order valence-electron chi connectivity index (χ1n) is 8.03. The molecule has 0 atom stereocenters. The molecule has 0 aliphatic carbocycles. The van der Waals surface area contributed by atoms with Crippen LogP contribution in [0.4, 0.5) is 0 Å². The molecule has 1 N–H and O–H groups in total. The second-order valence-corrected chi connectivity index (χ2v) is 7.16. The number of nitrogens with one attached hydrogen (secondary N) is 1. The minimum atomic E-state index is -3.97. The summed E-state index contributed by atoms with van der Waals surface area (Å²) in [4.78, 5) is 12.4. The summed E-state index contributed by atoms with van der Waals surface area (Å²) in [6.45, 7) is 2.33. The molecule has 0 aliphatic rings. The first-order chi connectivity index (χ1) is 12.5. The molecule has 0 radical (unpaired) electrons. The molecule has 7 heteroatoms. The van der Waals surface area contributed by atoms with E-state index in [2.05, 4.69) is 4.72 Å². The van der Waals surface area contributed by atoms with Gasteiger partial charge in [-0.2, -0.15) is 0 Å². The standard InChI is InChI=1S/C19H18N2O4S/c1-2-25-17-8-10-18(11-9-17)26(23,24)20-19(22)15-6-5-7-16(14-15)21-12-3-4-13-21/h3-14H,2H2,1H3,(H,20,22). The van der Waals surface area contributed by atoms with Crippen molar-refractivity contribution < 1.29 is 17.9 Å². The number of carbonyl (C=O) groups is 1. The Labute approximate surface area is 152 Å². The Kier molecular flexibility index (Phi) is 5.09. The summed E-state index contributed by atoms with van der Waals surface area (Å²) in [5.41, 5.74) is 1.02. The van der Waals surface area contributed by atoms with Crippen LogP contribution in [0.3, 0.4) is 0 Å². The number of ether oxygens (including phenoxy) is 1. The summed E-state index contributed by atoms with van der Waals surface area (Å²) in [7, 11) is -3.97. The highest BCUT2D eigenvalue weighted by Crippen LogP contribution is 2.17. The van der Waals surface area contributed by atoms with Gasteiger partial charge in [-0.15, -0.1) is 0 Å². The monoisotopic (exact) mass is 370 g/mol. The maximum Gasteiger partial charge on any atom is 0.265 e.